The summed E-state index contributed by atoms with van der Waals surface area (Å²) in [7, 11) is -2.74. The van der Waals surface area contributed by atoms with Crippen LogP contribution in [0.4, 0.5) is 5.82 Å². The van der Waals surface area contributed by atoms with Gasteiger partial charge in [-0.2, -0.15) is 5.26 Å². The van der Waals surface area contributed by atoms with Crippen molar-refractivity contribution in [3.63, 3.8) is 0 Å². The average Bonchev–Trinajstić information content (AvgIpc) is 4.26. The topological polar surface area (TPSA) is 248 Å². The van der Waals surface area contributed by atoms with Gasteiger partial charge in [0.25, 0.3) is 11.5 Å². The first-order valence-corrected chi connectivity index (χ1v) is 32.8. The molecule has 2 aromatic carbocycles. The number of anilines is 1. The van der Waals surface area contributed by atoms with Crippen LogP contribution < -0.4 is 10.5 Å². The van der Waals surface area contributed by atoms with E-state index in [1.165, 1.54) is 28.1 Å². The highest BCUT2D eigenvalue weighted by Gasteiger charge is 2.55. The summed E-state index contributed by atoms with van der Waals surface area (Å²) in [6.45, 7) is 1.77. The van der Waals surface area contributed by atoms with Crippen molar-refractivity contribution in [2.45, 2.75) is 114 Å². The van der Waals surface area contributed by atoms with Crippen molar-refractivity contribution < 1.29 is 55.7 Å². The van der Waals surface area contributed by atoms with Crippen LogP contribution in [0.15, 0.2) is 90.6 Å². The number of nitrogens with zero attached hydrogens (tertiary/aromatic N) is 9. The molecule has 3 saturated heterocycles. The molecule has 0 saturated carbocycles. The summed E-state index contributed by atoms with van der Waals surface area (Å²) in [6, 6.07) is 19.6. The van der Waals surface area contributed by atoms with Gasteiger partial charge in [0.05, 0.1) is 62.2 Å². The number of nitriles is 1. The number of fused-ring (bicyclic) bond motifs is 4. The maximum Gasteiger partial charge on any atom is 0.338 e. The fraction of sp³-hybridized carbons (Fsp3) is 0.469. The van der Waals surface area contributed by atoms with Crippen molar-refractivity contribution >= 4 is 85.3 Å². The summed E-state index contributed by atoms with van der Waals surface area (Å²) in [5.41, 5.74) is 1.95. The molecule has 4 aliphatic heterocycles. The summed E-state index contributed by atoms with van der Waals surface area (Å²) in [6.07, 6.45) is 0.486. The van der Waals surface area contributed by atoms with Crippen molar-refractivity contribution in [3.05, 3.63) is 113 Å². The molecule has 10 rings (SSSR count). The highest BCUT2D eigenvalue weighted by atomic mass is 32.5. The quantitative estimate of drug-likeness (QED) is 0.0548. The molecular formula is C49H57N9O13P2S2Si. The van der Waals surface area contributed by atoms with Gasteiger partial charge < -0.3 is 46.2 Å². The molecule has 6 aromatic rings. The molecule has 0 aliphatic carbocycles. The van der Waals surface area contributed by atoms with E-state index in [0.717, 1.165) is 5.56 Å². The number of carbonyl (C=O) groups excluding carboxylic acids is 2. The first-order chi connectivity index (χ1) is 36.3. The SMILES string of the molecule is CC(C)(C)[Si](C)(C)O[C@H]1[C@H]2OP(=S)(OCCC#N)OC[C@H]3O[C@@H](n4cc5c6c(ncnc64)N(C(=O)c4ccccc4)CCC5)C[C@@H]3OP(O)(=S)OC[C@H]1O[C@H]2n1cnc2c(=O)n(CCOC(=O)c3ccccc3)cnc21. The van der Waals surface area contributed by atoms with Gasteiger partial charge in [-0.25, -0.2) is 24.7 Å². The van der Waals surface area contributed by atoms with E-state index in [-0.39, 0.29) is 67.9 Å². The van der Waals surface area contributed by atoms with Crippen LogP contribution in [0.25, 0.3) is 22.2 Å². The van der Waals surface area contributed by atoms with Gasteiger partial charge in [0, 0.05) is 24.7 Å². The van der Waals surface area contributed by atoms with Crippen LogP contribution in [-0.2, 0) is 77.8 Å². The largest absolute Gasteiger partial charge is 0.460 e. The lowest BCUT2D eigenvalue weighted by Gasteiger charge is -2.41. The Hall–Kier alpha value is -5.00. The number of imidazole rings is 1. The molecule has 402 valence electrons. The van der Waals surface area contributed by atoms with Crippen LogP contribution >= 0.6 is 13.4 Å². The van der Waals surface area contributed by atoms with E-state index in [4.69, 9.17) is 69.9 Å². The summed E-state index contributed by atoms with van der Waals surface area (Å²) in [5, 5.41) is 10.0. The Bertz CT molecular complexity index is 3340. The Kier molecular flexibility index (Phi) is 15.8. The molecular weight excluding hydrogens is 1080 g/mol. The van der Waals surface area contributed by atoms with Gasteiger partial charge in [0.15, 0.2) is 25.7 Å². The van der Waals surface area contributed by atoms with Gasteiger partial charge in [-0.15, -0.1) is 0 Å². The third-order valence-electron chi connectivity index (χ3n) is 14.2. The van der Waals surface area contributed by atoms with Gasteiger partial charge in [0.1, 0.15) is 61.4 Å². The summed E-state index contributed by atoms with van der Waals surface area (Å²) >= 11 is 12.0. The molecule has 1 N–H and O–H groups in total. The first kappa shape index (κ1) is 54.4. The van der Waals surface area contributed by atoms with Gasteiger partial charge in [-0.3, -0.25) is 28.1 Å². The molecule has 1 amide bonds. The van der Waals surface area contributed by atoms with Crippen LogP contribution in [0.2, 0.25) is 18.1 Å². The second kappa shape index (κ2) is 22.0. The Morgan fingerprint density at radius 3 is 2.37 bits per heavy atom. The lowest BCUT2D eigenvalue weighted by Crippen LogP contribution is -2.50. The van der Waals surface area contributed by atoms with Crippen LogP contribution in [0.1, 0.15) is 78.8 Å². The Labute approximate surface area is 448 Å². The first-order valence-electron chi connectivity index (χ1n) is 24.8. The number of aromatic nitrogens is 7. The monoisotopic (exact) mass is 1130 g/mol. The number of carbonyl (C=O) groups is 2. The average molecular weight is 1130 g/mol. The van der Waals surface area contributed by atoms with Crippen LogP contribution in [0.3, 0.4) is 0 Å². The van der Waals surface area contributed by atoms with E-state index >= 15 is 0 Å². The highest BCUT2D eigenvalue weighted by molar-refractivity contribution is 8.07. The highest BCUT2D eigenvalue weighted by Crippen LogP contribution is 2.58. The molecule has 27 heteroatoms. The summed E-state index contributed by atoms with van der Waals surface area (Å²) in [5.74, 6) is -0.231. The molecule has 8 heterocycles. The van der Waals surface area contributed by atoms with E-state index in [9.17, 15) is 24.5 Å². The van der Waals surface area contributed by atoms with Crippen molar-refractivity contribution in [2.75, 3.05) is 37.9 Å². The zero-order chi connectivity index (χ0) is 53.6. The molecule has 4 aromatic heterocycles. The number of hydrogen-bond donors (Lipinski definition) is 1. The fourth-order valence-corrected chi connectivity index (χ4v) is 14.2. The number of rotatable bonds is 12. The number of benzene rings is 2. The minimum absolute atomic E-state index is 0.00300. The summed E-state index contributed by atoms with van der Waals surface area (Å²) < 4.78 is 63.2. The van der Waals surface area contributed by atoms with Gasteiger partial charge in [-0.05, 0) is 84.4 Å². The molecule has 22 nitrogen and oxygen atoms in total. The molecule has 4 aliphatic rings. The molecule has 0 spiro atoms. The smallest absolute Gasteiger partial charge is 0.338 e. The number of hydrogen-bond acceptors (Lipinski definition) is 19. The minimum Gasteiger partial charge on any atom is -0.460 e. The van der Waals surface area contributed by atoms with E-state index < -0.39 is 76.3 Å². The van der Waals surface area contributed by atoms with Crippen LogP contribution in [-0.4, -0.2) is 122 Å². The van der Waals surface area contributed by atoms with Crippen molar-refractivity contribution in [3.8, 4) is 6.07 Å². The van der Waals surface area contributed by atoms with E-state index in [2.05, 4.69) is 54.9 Å². The Morgan fingerprint density at radius 2 is 1.63 bits per heavy atom. The second-order valence-corrected chi connectivity index (χ2v) is 30.7. The predicted molar refractivity (Wildman–Crippen MR) is 286 cm³/mol. The van der Waals surface area contributed by atoms with Gasteiger partial charge in [0.2, 0.25) is 0 Å². The maximum atomic E-state index is 14.0. The second-order valence-electron chi connectivity index (χ2n) is 20.2. The number of aryl methyl sites for hydroxylation is 1. The van der Waals surface area contributed by atoms with E-state index in [1.807, 2.05) is 29.0 Å². The number of ether oxygens (including phenoxy) is 3. The third kappa shape index (κ3) is 11.2. The Balaban J connectivity index is 0.969. The molecule has 3 fully saturated rings. The number of esters is 1. The zero-order valence-corrected chi connectivity index (χ0v) is 46.7. The lowest BCUT2D eigenvalue weighted by molar-refractivity contribution is -0.0613. The van der Waals surface area contributed by atoms with Crippen LogP contribution in [0, 0.1) is 11.3 Å². The zero-order valence-electron chi connectivity index (χ0n) is 42.3. The van der Waals surface area contributed by atoms with Crippen molar-refractivity contribution in [2.24, 2.45) is 0 Å². The summed E-state index contributed by atoms with van der Waals surface area (Å²) in [4.78, 5) is 72.5. The maximum absolute atomic E-state index is 14.0. The molecule has 76 heavy (non-hydrogen) atoms. The van der Waals surface area contributed by atoms with Crippen LogP contribution in [0.5, 0.6) is 0 Å². The van der Waals surface area contributed by atoms with Gasteiger partial charge >= 0.3 is 19.4 Å². The predicted octanol–water partition coefficient (Wildman–Crippen LogP) is 7.25. The molecule has 2 unspecified atom stereocenters. The lowest BCUT2D eigenvalue weighted by atomic mass is 10.1. The van der Waals surface area contributed by atoms with Crippen molar-refractivity contribution in [1.82, 2.24) is 33.6 Å². The molecule has 2 bridgehead atoms. The normalized spacial score (nSPS) is 27.2. The fourth-order valence-electron chi connectivity index (χ4n) is 9.37. The van der Waals surface area contributed by atoms with Gasteiger partial charge in [-0.1, -0.05) is 57.2 Å². The van der Waals surface area contributed by atoms with E-state index in [1.54, 1.807) is 47.4 Å². The Morgan fingerprint density at radius 1 is 0.895 bits per heavy atom. The minimum atomic E-state index is -4.14. The third-order valence-corrected chi connectivity index (χ3v) is 22.6. The standard InChI is InChI=1S/C49H57N9O13P2S2Si/c1-49(2,3)76(4,5)71-40-36-27-65-72(62,74)69-34-24-37(57-25-33-18-12-20-56(42-38(33)43(57)52-28-51-42)45(59)31-14-8-6-9-15-31)67-35(34)26-66-73(75,64-22-13-19-50)70-41(40)47(68-36)58-30-53-39-44(58)54-29-55(46(39)60)21-23-63-48(61)32-16-10-7-11-17-32/h6-11,14-17,25,28-30,34-37,40-41,47H,12-13,18,20-24,26-27H2,1-5H3,(H,62,74)/t34-,35+,36+,37+,40+,41+,47+,72?,73?/m0/s1. The molecule has 0 radical (unpaired) electrons. The number of amides is 1. The van der Waals surface area contributed by atoms with E-state index in [0.29, 0.717) is 47.4 Å². The molecule has 9 atom stereocenters. The van der Waals surface area contributed by atoms with Crippen molar-refractivity contribution in [1.29, 1.82) is 5.26 Å².